The van der Waals surface area contributed by atoms with E-state index in [0.29, 0.717) is 44.0 Å². The number of aromatic nitrogens is 3. The first-order valence-electron chi connectivity index (χ1n) is 18.8. The minimum atomic E-state index is -0.205. The maximum absolute atomic E-state index is 14.7. The van der Waals surface area contributed by atoms with Crippen molar-refractivity contribution in [2.24, 2.45) is 17.3 Å². The molecule has 0 spiro atoms. The third-order valence-corrected chi connectivity index (χ3v) is 12.4. The number of carbonyl (C=O) groups excluding carboxylic acids is 2. The Bertz CT molecular complexity index is 1690. The molecule has 1 aliphatic heterocycles. The summed E-state index contributed by atoms with van der Waals surface area (Å²) in [6.45, 7) is 12.9. The Labute approximate surface area is 297 Å². The number of rotatable bonds is 8. The Kier molecular flexibility index (Phi) is 9.23. The number of aryl methyl sites for hydroxylation is 1. The maximum Gasteiger partial charge on any atom is 0.410 e. The van der Waals surface area contributed by atoms with Crippen molar-refractivity contribution in [1.29, 1.82) is 0 Å². The van der Waals surface area contributed by atoms with Crippen molar-refractivity contribution in [1.82, 2.24) is 19.7 Å². The van der Waals surface area contributed by atoms with E-state index in [0.717, 1.165) is 68.6 Å². The van der Waals surface area contributed by atoms with Crippen LogP contribution in [0.3, 0.4) is 0 Å². The molecular formula is C41H55N5O4. The van der Waals surface area contributed by atoms with E-state index >= 15 is 0 Å². The highest BCUT2D eigenvalue weighted by molar-refractivity contribution is 5.95. The number of nitrogens with zero attached hydrogens (tertiary/aromatic N) is 5. The molecule has 3 heterocycles. The van der Waals surface area contributed by atoms with E-state index in [2.05, 4.69) is 58.9 Å². The first-order chi connectivity index (χ1) is 23.9. The largest absolute Gasteiger partial charge is 0.496 e. The van der Waals surface area contributed by atoms with Crippen LogP contribution in [0.15, 0.2) is 48.8 Å². The molecule has 8 rings (SSSR count). The Hall–Kier alpha value is -3.88. The van der Waals surface area contributed by atoms with E-state index in [1.807, 2.05) is 34.1 Å². The lowest BCUT2D eigenvalue weighted by Crippen LogP contribution is -2.52. The van der Waals surface area contributed by atoms with Crippen LogP contribution in [0.4, 0.5) is 10.6 Å². The van der Waals surface area contributed by atoms with E-state index in [-0.39, 0.29) is 40.4 Å². The second kappa shape index (κ2) is 13.3. The van der Waals surface area contributed by atoms with Gasteiger partial charge >= 0.3 is 6.09 Å². The van der Waals surface area contributed by atoms with E-state index in [1.54, 1.807) is 12.0 Å². The van der Waals surface area contributed by atoms with Gasteiger partial charge in [0, 0.05) is 43.5 Å². The molecular weight excluding hydrogens is 626 g/mol. The summed E-state index contributed by atoms with van der Waals surface area (Å²) in [6.07, 6.45) is 13.0. The van der Waals surface area contributed by atoms with Crippen LogP contribution in [0, 0.1) is 24.2 Å². The number of anilines is 1. The van der Waals surface area contributed by atoms with Crippen molar-refractivity contribution in [2.45, 2.75) is 116 Å². The van der Waals surface area contributed by atoms with E-state index in [9.17, 15) is 9.59 Å². The third-order valence-electron chi connectivity index (χ3n) is 12.4. The molecule has 5 aliphatic rings. The molecule has 1 saturated heterocycles. The van der Waals surface area contributed by atoms with Gasteiger partial charge in [0.1, 0.15) is 17.7 Å². The summed E-state index contributed by atoms with van der Waals surface area (Å²) in [5.41, 5.74) is 4.59. The SMILES string of the molecule is COc1ccc(C23CCC(CN(c4cc(-c5ccn(C(C)(C)C)n5)ccn4)C(=O)[C@H]4CC[C@H](OC(=O)N5CC(C)C5)CC4)(CC2)CC3)cc1C. The zero-order valence-corrected chi connectivity index (χ0v) is 30.9. The lowest BCUT2D eigenvalue weighted by Gasteiger charge is -2.55. The first kappa shape index (κ1) is 34.6. The minimum Gasteiger partial charge on any atom is -0.496 e. The average Bonchev–Trinajstić information content (AvgIpc) is 3.62. The van der Waals surface area contributed by atoms with Crippen molar-refractivity contribution < 1.29 is 19.1 Å². The van der Waals surface area contributed by atoms with Gasteiger partial charge in [-0.05, 0) is 144 Å². The smallest absolute Gasteiger partial charge is 0.410 e. The molecule has 2 amide bonds. The van der Waals surface area contributed by atoms with Crippen LogP contribution in [0.1, 0.15) is 103 Å². The molecule has 2 bridgehead atoms. The van der Waals surface area contributed by atoms with Crippen LogP contribution in [0.25, 0.3) is 11.3 Å². The van der Waals surface area contributed by atoms with Crippen molar-refractivity contribution in [3.05, 3.63) is 59.9 Å². The molecule has 3 aromatic rings. The fourth-order valence-corrected chi connectivity index (χ4v) is 9.04. The first-order valence-corrected chi connectivity index (χ1v) is 18.8. The van der Waals surface area contributed by atoms with Crippen molar-refractivity contribution >= 4 is 17.8 Å². The van der Waals surface area contributed by atoms with Crippen molar-refractivity contribution in [3.8, 4) is 17.0 Å². The molecule has 1 aromatic carbocycles. The molecule has 50 heavy (non-hydrogen) atoms. The number of amides is 2. The van der Waals surface area contributed by atoms with Crippen molar-refractivity contribution in [3.63, 3.8) is 0 Å². The molecule has 0 atom stereocenters. The monoisotopic (exact) mass is 681 g/mol. The van der Waals surface area contributed by atoms with E-state index in [1.165, 1.54) is 11.1 Å². The zero-order valence-electron chi connectivity index (χ0n) is 30.9. The lowest BCUT2D eigenvalue weighted by atomic mass is 9.51. The second-order valence-electron chi connectivity index (χ2n) is 17.0. The fourth-order valence-electron chi connectivity index (χ4n) is 9.04. The molecule has 9 heteroatoms. The molecule has 4 aliphatic carbocycles. The van der Waals surface area contributed by atoms with Crippen LogP contribution < -0.4 is 9.64 Å². The van der Waals surface area contributed by atoms with Gasteiger partial charge in [-0.15, -0.1) is 0 Å². The highest BCUT2D eigenvalue weighted by Crippen LogP contribution is 2.58. The predicted octanol–water partition coefficient (Wildman–Crippen LogP) is 8.29. The average molecular weight is 682 g/mol. The van der Waals surface area contributed by atoms with Crippen LogP contribution in [-0.2, 0) is 20.5 Å². The van der Waals surface area contributed by atoms with Gasteiger partial charge in [-0.2, -0.15) is 5.10 Å². The molecule has 268 valence electrons. The second-order valence-corrected chi connectivity index (χ2v) is 17.0. The number of hydrogen-bond donors (Lipinski definition) is 0. The van der Waals surface area contributed by atoms with Gasteiger partial charge < -0.3 is 14.4 Å². The van der Waals surface area contributed by atoms with Crippen LogP contribution >= 0.6 is 0 Å². The van der Waals surface area contributed by atoms with Gasteiger partial charge in [-0.25, -0.2) is 9.78 Å². The fraction of sp³-hybridized carbons (Fsp3) is 0.610. The van der Waals surface area contributed by atoms with Crippen molar-refractivity contribution in [2.75, 3.05) is 31.6 Å². The van der Waals surface area contributed by atoms with Gasteiger partial charge in [0.05, 0.1) is 18.3 Å². The number of likely N-dealkylation sites (tertiary alicyclic amines) is 1. The van der Waals surface area contributed by atoms with Crippen LogP contribution in [0.2, 0.25) is 0 Å². The highest BCUT2D eigenvalue weighted by Gasteiger charge is 2.51. The third kappa shape index (κ3) is 6.76. The molecule has 0 N–H and O–H groups in total. The van der Waals surface area contributed by atoms with Gasteiger partial charge in [0.25, 0.3) is 0 Å². The Balaban J connectivity index is 1.10. The summed E-state index contributed by atoms with van der Waals surface area (Å²) in [6, 6.07) is 12.8. The summed E-state index contributed by atoms with van der Waals surface area (Å²) in [7, 11) is 1.74. The zero-order chi connectivity index (χ0) is 35.3. The van der Waals surface area contributed by atoms with Gasteiger partial charge in [0.15, 0.2) is 0 Å². The number of fused-ring (bicyclic) bond motifs is 3. The highest BCUT2D eigenvalue weighted by atomic mass is 16.6. The summed E-state index contributed by atoms with van der Waals surface area (Å²) in [5.74, 6) is 2.22. The Morgan fingerprint density at radius 1 is 0.960 bits per heavy atom. The molecule has 0 radical (unpaired) electrons. The summed E-state index contributed by atoms with van der Waals surface area (Å²) in [5, 5.41) is 4.88. The van der Waals surface area contributed by atoms with E-state index in [4.69, 9.17) is 19.6 Å². The number of hydrogen-bond acceptors (Lipinski definition) is 6. The maximum atomic E-state index is 14.7. The molecule has 4 saturated carbocycles. The number of ether oxygens (including phenoxy) is 2. The topological polar surface area (TPSA) is 89.8 Å². The molecule has 9 nitrogen and oxygen atoms in total. The van der Waals surface area contributed by atoms with Crippen LogP contribution in [-0.4, -0.2) is 64.5 Å². The number of benzene rings is 1. The van der Waals surface area contributed by atoms with E-state index < -0.39 is 0 Å². The lowest BCUT2D eigenvalue weighted by molar-refractivity contribution is -0.124. The standard InChI is InChI=1S/C41H55N5O4/c1-28-25-44(26-28)38(48)50-33-10-7-30(8-11-33)37(47)45(36-24-31(13-21-42-36)34-14-22-46(43-34)39(3,4)5)27-40-15-18-41(19-16-40,20-17-40)32-9-12-35(49-6)29(2)23-32/h9,12-14,21-24,28,30,33H,7-8,10-11,15-20,25-27H2,1-6H3/t30-,33-,40?,41?. The summed E-state index contributed by atoms with van der Waals surface area (Å²) >= 11 is 0. The predicted molar refractivity (Wildman–Crippen MR) is 195 cm³/mol. The molecule has 0 unspecified atom stereocenters. The summed E-state index contributed by atoms with van der Waals surface area (Å²) < 4.78 is 13.4. The van der Waals surface area contributed by atoms with Crippen LogP contribution in [0.5, 0.6) is 5.75 Å². The molecule has 2 aromatic heterocycles. The number of carbonyl (C=O) groups is 2. The Morgan fingerprint density at radius 2 is 1.66 bits per heavy atom. The Morgan fingerprint density at radius 3 is 2.26 bits per heavy atom. The normalized spacial score (nSPS) is 26.7. The molecule has 5 fully saturated rings. The van der Waals surface area contributed by atoms with Gasteiger partial charge in [-0.1, -0.05) is 19.1 Å². The minimum absolute atomic E-state index is 0.0610. The van der Waals surface area contributed by atoms with Gasteiger partial charge in [-0.3, -0.25) is 14.4 Å². The number of pyridine rings is 1. The quantitative estimate of drug-likeness (QED) is 0.238. The van der Waals surface area contributed by atoms with Gasteiger partial charge in [0.2, 0.25) is 5.91 Å². The number of methoxy groups -OCH3 is 1. The summed E-state index contributed by atoms with van der Waals surface area (Å²) in [4.78, 5) is 35.9.